The number of anilines is 1. The maximum Gasteiger partial charge on any atom is 0.310 e. The number of ether oxygens (including phenoxy) is 1. The molecule has 0 saturated carbocycles. The van der Waals surface area contributed by atoms with E-state index in [2.05, 4.69) is 0 Å². The topological polar surface area (TPSA) is 96.5 Å². The van der Waals surface area contributed by atoms with Gasteiger partial charge in [0.15, 0.2) is 0 Å². The molecule has 0 N–H and O–H groups in total. The summed E-state index contributed by atoms with van der Waals surface area (Å²) in [6.45, 7) is 2.76. The highest BCUT2D eigenvalue weighted by atomic mass is 16.6. The van der Waals surface area contributed by atoms with Crippen molar-refractivity contribution in [1.82, 2.24) is 0 Å². The molecule has 2 rings (SSSR count). The second-order valence-corrected chi connectivity index (χ2v) is 5.05. The smallest absolute Gasteiger partial charge is 0.310 e. The lowest BCUT2D eigenvalue weighted by Crippen LogP contribution is -2.24. The average molecular weight is 289 g/mol. The monoisotopic (exact) mass is 289 g/mol. The number of nitrogens with zero attached hydrogens (tertiary/aromatic N) is 3. The Hall–Kier alpha value is -2.62. The fourth-order valence-corrected chi connectivity index (χ4v) is 2.69. The molecule has 7 heteroatoms. The van der Waals surface area contributed by atoms with Crippen LogP contribution in [0, 0.1) is 33.3 Å². The molecule has 1 fully saturated rings. The van der Waals surface area contributed by atoms with Crippen molar-refractivity contribution in [3.63, 3.8) is 0 Å². The molecule has 110 valence electrons. The summed E-state index contributed by atoms with van der Waals surface area (Å²) in [6, 6.07) is 6.46. The van der Waals surface area contributed by atoms with Crippen LogP contribution >= 0.6 is 0 Å². The molecule has 0 radical (unpaired) electrons. The van der Waals surface area contributed by atoms with Crippen molar-refractivity contribution in [1.29, 1.82) is 5.26 Å². The van der Waals surface area contributed by atoms with Crippen molar-refractivity contribution >= 4 is 17.3 Å². The van der Waals surface area contributed by atoms with Gasteiger partial charge in [0, 0.05) is 13.1 Å². The second kappa shape index (κ2) is 5.79. The number of benzene rings is 1. The number of hydrogen-bond acceptors (Lipinski definition) is 6. The zero-order valence-electron chi connectivity index (χ0n) is 11.8. The highest BCUT2D eigenvalue weighted by Gasteiger charge is 2.38. The lowest BCUT2D eigenvalue weighted by Gasteiger charge is -2.18. The number of nitriles is 1. The van der Waals surface area contributed by atoms with Crippen LogP contribution in [0.3, 0.4) is 0 Å². The van der Waals surface area contributed by atoms with Crippen LogP contribution in [0.5, 0.6) is 0 Å². The third-order valence-corrected chi connectivity index (χ3v) is 3.77. The Balaban J connectivity index is 2.38. The number of hydrogen-bond donors (Lipinski definition) is 0. The number of carbonyl (C=O) groups excluding carboxylic acids is 1. The van der Waals surface area contributed by atoms with Crippen LogP contribution in [-0.2, 0) is 9.53 Å². The summed E-state index contributed by atoms with van der Waals surface area (Å²) in [5, 5.41) is 20.3. The van der Waals surface area contributed by atoms with Crippen LogP contribution in [-0.4, -0.2) is 31.1 Å². The molecular weight excluding hydrogens is 274 g/mol. The van der Waals surface area contributed by atoms with Gasteiger partial charge < -0.3 is 9.64 Å². The molecule has 0 amide bonds. The molecule has 1 aliphatic heterocycles. The van der Waals surface area contributed by atoms with Crippen LogP contribution in [0.4, 0.5) is 11.4 Å². The summed E-state index contributed by atoms with van der Waals surface area (Å²) in [6.07, 6.45) is 0. The summed E-state index contributed by atoms with van der Waals surface area (Å²) in [5.74, 6) is -0.604. The summed E-state index contributed by atoms with van der Waals surface area (Å²) in [7, 11) is 1.33. The van der Waals surface area contributed by atoms with Gasteiger partial charge in [0.1, 0.15) is 17.3 Å². The maximum absolute atomic E-state index is 11.7. The molecule has 7 nitrogen and oxygen atoms in total. The Morgan fingerprint density at radius 3 is 2.81 bits per heavy atom. The number of esters is 1. The molecule has 1 aromatic rings. The van der Waals surface area contributed by atoms with E-state index in [0.717, 1.165) is 0 Å². The molecule has 0 aliphatic carbocycles. The quantitative estimate of drug-likeness (QED) is 0.477. The molecule has 1 saturated heterocycles. The van der Waals surface area contributed by atoms with Gasteiger partial charge in [-0.15, -0.1) is 0 Å². The Labute approximate surface area is 121 Å². The van der Waals surface area contributed by atoms with Crippen molar-refractivity contribution in [2.45, 2.75) is 6.92 Å². The van der Waals surface area contributed by atoms with Crippen molar-refractivity contribution in [2.75, 3.05) is 25.1 Å². The van der Waals surface area contributed by atoms with Gasteiger partial charge in [-0.2, -0.15) is 5.26 Å². The minimum atomic E-state index is -0.552. The van der Waals surface area contributed by atoms with Gasteiger partial charge in [0.05, 0.1) is 18.0 Å². The van der Waals surface area contributed by atoms with Crippen LogP contribution in [0.1, 0.15) is 12.5 Å². The SMILES string of the molecule is COC(=O)C1CN(c2cccc(C#N)c2[N+](=O)[O-])CC1C. The van der Waals surface area contributed by atoms with Gasteiger partial charge in [-0.25, -0.2) is 0 Å². The molecule has 0 bridgehead atoms. The predicted octanol–water partition coefficient (Wildman–Crippen LogP) is 1.71. The molecule has 1 aliphatic rings. The minimum absolute atomic E-state index is 0.0201. The first kappa shape index (κ1) is 14.8. The van der Waals surface area contributed by atoms with Gasteiger partial charge in [0.25, 0.3) is 0 Å². The number of rotatable bonds is 3. The maximum atomic E-state index is 11.7. The highest BCUT2D eigenvalue weighted by molar-refractivity contribution is 5.76. The first-order chi connectivity index (χ1) is 9.99. The number of methoxy groups -OCH3 is 1. The molecular formula is C14H15N3O4. The fourth-order valence-electron chi connectivity index (χ4n) is 2.69. The molecule has 2 atom stereocenters. The van der Waals surface area contributed by atoms with Crippen molar-refractivity contribution in [2.24, 2.45) is 11.8 Å². The summed E-state index contributed by atoms with van der Waals surface area (Å²) in [5.41, 5.74) is 0.182. The number of nitro benzene ring substituents is 1. The number of nitro groups is 1. The zero-order chi connectivity index (χ0) is 15.6. The highest BCUT2D eigenvalue weighted by Crippen LogP contribution is 2.36. The van der Waals surface area contributed by atoms with E-state index in [9.17, 15) is 14.9 Å². The average Bonchev–Trinajstić information content (AvgIpc) is 2.87. The van der Waals surface area contributed by atoms with Gasteiger partial charge in [-0.05, 0) is 18.1 Å². The second-order valence-electron chi connectivity index (χ2n) is 5.05. The minimum Gasteiger partial charge on any atom is -0.469 e. The molecule has 21 heavy (non-hydrogen) atoms. The zero-order valence-corrected chi connectivity index (χ0v) is 11.8. The summed E-state index contributed by atoms with van der Waals surface area (Å²) >= 11 is 0. The summed E-state index contributed by atoms with van der Waals surface area (Å²) in [4.78, 5) is 24.2. The third-order valence-electron chi connectivity index (χ3n) is 3.77. The van der Waals surface area contributed by atoms with Crippen LogP contribution in [0.15, 0.2) is 18.2 Å². The van der Waals surface area contributed by atoms with E-state index in [0.29, 0.717) is 18.8 Å². The van der Waals surface area contributed by atoms with Crippen LogP contribution in [0.2, 0.25) is 0 Å². The van der Waals surface area contributed by atoms with Crippen molar-refractivity contribution in [3.05, 3.63) is 33.9 Å². The Morgan fingerprint density at radius 1 is 1.52 bits per heavy atom. The first-order valence-electron chi connectivity index (χ1n) is 6.49. The molecule has 1 aromatic carbocycles. The normalized spacial score (nSPS) is 20.9. The van der Waals surface area contributed by atoms with Gasteiger partial charge in [-0.3, -0.25) is 14.9 Å². The van der Waals surface area contributed by atoms with Gasteiger partial charge in [-0.1, -0.05) is 13.0 Å². The third kappa shape index (κ3) is 2.65. The van der Waals surface area contributed by atoms with E-state index in [1.807, 2.05) is 13.0 Å². The van der Waals surface area contributed by atoms with E-state index < -0.39 is 4.92 Å². The molecule has 0 spiro atoms. The van der Waals surface area contributed by atoms with Crippen LogP contribution < -0.4 is 4.90 Å². The predicted molar refractivity (Wildman–Crippen MR) is 74.7 cm³/mol. The number of para-hydroxylation sites is 1. The lowest BCUT2D eigenvalue weighted by molar-refractivity contribution is -0.384. The summed E-state index contributed by atoms with van der Waals surface area (Å²) < 4.78 is 4.76. The first-order valence-corrected chi connectivity index (χ1v) is 6.49. The fraction of sp³-hybridized carbons (Fsp3) is 0.429. The van der Waals surface area contributed by atoms with E-state index >= 15 is 0 Å². The van der Waals surface area contributed by atoms with E-state index in [1.165, 1.54) is 13.2 Å². The Kier molecular flexibility index (Phi) is 4.08. The Bertz CT molecular complexity index is 623. The lowest BCUT2D eigenvalue weighted by atomic mass is 9.99. The molecule has 0 aromatic heterocycles. The van der Waals surface area contributed by atoms with E-state index in [4.69, 9.17) is 10.00 Å². The van der Waals surface area contributed by atoms with Crippen molar-refractivity contribution in [3.8, 4) is 6.07 Å². The number of carbonyl (C=O) groups is 1. The van der Waals surface area contributed by atoms with Gasteiger partial charge >= 0.3 is 11.7 Å². The van der Waals surface area contributed by atoms with Crippen LogP contribution in [0.25, 0.3) is 0 Å². The van der Waals surface area contributed by atoms with Gasteiger partial charge in [0.2, 0.25) is 0 Å². The molecule has 2 unspecified atom stereocenters. The largest absolute Gasteiger partial charge is 0.469 e. The van der Waals surface area contributed by atoms with E-state index in [1.54, 1.807) is 17.0 Å². The molecule has 1 heterocycles. The van der Waals surface area contributed by atoms with E-state index in [-0.39, 0.29) is 29.1 Å². The Morgan fingerprint density at radius 2 is 2.24 bits per heavy atom. The van der Waals surface area contributed by atoms with Crippen molar-refractivity contribution < 1.29 is 14.5 Å². The standard InChI is InChI=1S/C14H15N3O4/c1-9-7-16(8-11(9)14(18)21-2)12-5-3-4-10(6-15)13(12)17(19)20/h3-5,9,11H,7-8H2,1-2H3.